The second kappa shape index (κ2) is 14.4. The van der Waals surface area contributed by atoms with Crippen molar-refractivity contribution in [3.05, 3.63) is 110 Å². The zero-order chi connectivity index (χ0) is 31.1. The summed E-state index contributed by atoms with van der Waals surface area (Å²) in [6, 6.07) is 19.6. The van der Waals surface area contributed by atoms with E-state index in [0.717, 1.165) is 16.7 Å². The minimum atomic E-state index is -0.233. The van der Waals surface area contributed by atoms with Gasteiger partial charge in [0.2, 0.25) is 0 Å². The first-order valence-corrected chi connectivity index (χ1v) is 14.8. The summed E-state index contributed by atoms with van der Waals surface area (Å²) in [5.41, 5.74) is 2.28. The lowest BCUT2D eigenvalue weighted by Gasteiger charge is -2.13. The number of amides is 1. The highest BCUT2D eigenvalue weighted by Crippen LogP contribution is 2.36. The maximum Gasteiger partial charge on any atom is 0.267 e. The third-order valence-corrected chi connectivity index (χ3v) is 8.01. The number of benzene rings is 3. The molecule has 12 heteroatoms. The third kappa shape index (κ3) is 7.39. The molecule has 226 valence electrons. The molecule has 1 saturated heterocycles. The SMILES string of the molecule is COc1ccc(/C=N\N=C2\S/C(=C\c3ccc(OCc4ccc(Cl)cc4Cl)c(OC)c3)C(=O)N2Cc2ccco2)cc1OC. The van der Waals surface area contributed by atoms with E-state index in [1.807, 2.05) is 18.2 Å². The summed E-state index contributed by atoms with van der Waals surface area (Å²) >= 11 is 13.5. The van der Waals surface area contributed by atoms with Crippen LogP contribution in [0.4, 0.5) is 0 Å². The van der Waals surface area contributed by atoms with Gasteiger partial charge in [0, 0.05) is 15.6 Å². The number of furan rings is 1. The fourth-order valence-corrected chi connectivity index (χ4v) is 5.60. The van der Waals surface area contributed by atoms with Crippen molar-refractivity contribution in [1.29, 1.82) is 0 Å². The van der Waals surface area contributed by atoms with Gasteiger partial charge in [0.1, 0.15) is 12.4 Å². The number of ether oxygens (including phenoxy) is 4. The first kappa shape index (κ1) is 31.1. The van der Waals surface area contributed by atoms with E-state index in [-0.39, 0.29) is 19.1 Å². The van der Waals surface area contributed by atoms with Gasteiger partial charge in [-0.15, -0.1) is 5.10 Å². The number of methoxy groups -OCH3 is 3. The quantitative estimate of drug-likeness (QED) is 0.0931. The molecule has 0 unspecified atom stereocenters. The van der Waals surface area contributed by atoms with Crippen molar-refractivity contribution < 1.29 is 28.2 Å². The van der Waals surface area contributed by atoms with E-state index >= 15 is 0 Å². The molecule has 0 radical (unpaired) electrons. The van der Waals surface area contributed by atoms with Gasteiger partial charge in [-0.3, -0.25) is 9.69 Å². The fraction of sp³-hybridized carbons (Fsp3) is 0.156. The number of carbonyl (C=O) groups excluding carboxylic acids is 1. The fourth-order valence-electron chi connectivity index (χ4n) is 4.20. The predicted octanol–water partition coefficient (Wildman–Crippen LogP) is 7.70. The van der Waals surface area contributed by atoms with Gasteiger partial charge in [0.15, 0.2) is 28.2 Å². The molecule has 1 amide bonds. The standard InChI is InChI=1S/C32H27Cl2N3O6S/c1-39-26-10-7-21(14-28(26)40-2)17-35-36-32-37(18-24-5-4-12-42-24)31(38)30(44-32)15-20-6-11-27(29(13-20)41-3)43-19-22-8-9-23(33)16-25(22)34/h4-17H,18-19H2,1-3H3/b30-15-,35-17-,36-32+. The minimum Gasteiger partial charge on any atom is -0.493 e. The molecule has 5 rings (SSSR count). The molecule has 0 atom stereocenters. The molecule has 1 aliphatic heterocycles. The monoisotopic (exact) mass is 651 g/mol. The highest BCUT2D eigenvalue weighted by molar-refractivity contribution is 8.18. The van der Waals surface area contributed by atoms with Crippen molar-refractivity contribution in [2.45, 2.75) is 13.2 Å². The number of hydrogen-bond acceptors (Lipinski definition) is 9. The summed E-state index contributed by atoms with van der Waals surface area (Å²) in [4.78, 5) is 15.5. The van der Waals surface area contributed by atoms with E-state index in [1.54, 1.807) is 88.4 Å². The zero-order valence-corrected chi connectivity index (χ0v) is 26.3. The Bertz CT molecular complexity index is 1740. The summed E-state index contributed by atoms with van der Waals surface area (Å²) in [6.45, 7) is 0.427. The van der Waals surface area contributed by atoms with E-state index in [0.29, 0.717) is 48.9 Å². The highest BCUT2D eigenvalue weighted by atomic mass is 35.5. The summed E-state index contributed by atoms with van der Waals surface area (Å²) in [5, 5.41) is 10.1. The highest BCUT2D eigenvalue weighted by Gasteiger charge is 2.34. The number of amidine groups is 1. The molecule has 1 fully saturated rings. The van der Waals surface area contributed by atoms with Gasteiger partial charge in [0.05, 0.1) is 45.3 Å². The van der Waals surface area contributed by atoms with E-state index in [4.69, 9.17) is 46.6 Å². The van der Waals surface area contributed by atoms with Crippen LogP contribution in [0.25, 0.3) is 6.08 Å². The van der Waals surface area contributed by atoms with Crippen molar-refractivity contribution in [3.8, 4) is 23.0 Å². The van der Waals surface area contributed by atoms with Crippen LogP contribution < -0.4 is 18.9 Å². The predicted molar refractivity (Wildman–Crippen MR) is 173 cm³/mol. The topological polar surface area (TPSA) is 95.1 Å². The molecule has 0 bridgehead atoms. The number of halogens is 2. The van der Waals surface area contributed by atoms with Crippen LogP contribution in [0.5, 0.6) is 23.0 Å². The van der Waals surface area contributed by atoms with E-state index in [9.17, 15) is 4.79 Å². The van der Waals surface area contributed by atoms with Crippen LogP contribution in [0.15, 0.2) is 92.5 Å². The first-order chi connectivity index (χ1) is 21.4. The Morgan fingerprint density at radius 1 is 0.886 bits per heavy atom. The lowest BCUT2D eigenvalue weighted by atomic mass is 10.1. The molecule has 0 N–H and O–H groups in total. The van der Waals surface area contributed by atoms with Crippen molar-refractivity contribution in [2.75, 3.05) is 21.3 Å². The molecule has 44 heavy (non-hydrogen) atoms. The molecule has 9 nitrogen and oxygen atoms in total. The summed E-state index contributed by atoms with van der Waals surface area (Å²) in [5.74, 6) is 2.58. The summed E-state index contributed by atoms with van der Waals surface area (Å²) < 4.78 is 27.7. The number of hydrogen-bond donors (Lipinski definition) is 0. The Balaban J connectivity index is 1.37. The van der Waals surface area contributed by atoms with Crippen molar-refractivity contribution in [1.82, 2.24) is 4.90 Å². The van der Waals surface area contributed by atoms with Gasteiger partial charge in [-0.25, -0.2) is 0 Å². The van der Waals surface area contributed by atoms with Gasteiger partial charge < -0.3 is 23.4 Å². The van der Waals surface area contributed by atoms with Gasteiger partial charge in [0.25, 0.3) is 5.91 Å². The van der Waals surface area contributed by atoms with Crippen LogP contribution in [0.1, 0.15) is 22.5 Å². The maximum atomic E-state index is 13.5. The molecule has 1 aromatic heterocycles. The second-order valence-corrected chi connectivity index (χ2v) is 11.1. The van der Waals surface area contributed by atoms with E-state index in [1.165, 1.54) is 16.7 Å². The van der Waals surface area contributed by atoms with Crippen molar-refractivity contribution in [2.24, 2.45) is 10.2 Å². The number of carbonyl (C=O) groups is 1. The molecule has 0 aliphatic carbocycles. The van der Waals surface area contributed by atoms with Crippen LogP contribution in [-0.4, -0.2) is 43.5 Å². The average Bonchev–Trinajstić information content (AvgIpc) is 3.65. The van der Waals surface area contributed by atoms with E-state index < -0.39 is 0 Å². The average molecular weight is 653 g/mol. The third-order valence-electron chi connectivity index (χ3n) is 6.42. The summed E-state index contributed by atoms with van der Waals surface area (Å²) in [7, 11) is 4.69. The Kier molecular flexibility index (Phi) is 10.2. The van der Waals surface area contributed by atoms with Crippen LogP contribution in [-0.2, 0) is 17.9 Å². The molecule has 0 spiro atoms. The van der Waals surface area contributed by atoms with E-state index in [2.05, 4.69) is 10.2 Å². The van der Waals surface area contributed by atoms with Crippen LogP contribution in [0.3, 0.4) is 0 Å². The lowest BCUT2D eigenvalue weighted by Crippen LogP contribution is -2.28. The number of rotatable bonds is 11. The van der Waals surface area contributed by atoms with Gasteiger partial charge in [-0.05, 0) is 83.6 Å². The second-order valence-electron chi connectivity index (χ2n) is 9.26. The van der Waals surface area contributed by atoms with Gasteiger partial charge in [-0.2, -0.15) is 5.10 Å². The Morgan fingerprint density at radius 3 is 2.34 bits per heavy atom. The molecule has 2 heterocycles. The normalized spacial score (nSPS) is 15.0. The molecule has 4 aromatic rings. The number of nitrogens with zero attached hydrogens (tertiary/aromatic N) is 3. The number of thioether (sulfide) groups is 1. The Morgan fingerprint density at radius 2 is 1.61 bits per heavy atom. The van der Waals surface area contributed by atoms with Gasteiger partial charge in [-0.1, -0.05) is 35.3 Å². The zero-order valence-electron chi connectivity index (χ0n) is 24.0. The maximum absolute atomic E-state index is 13.5. The minimum absolute atomic E-state index is 0.199. The first-order valence-electron chi connectivity index (χ1n) is 13.2. The lowest BCUT2D eigenvalue weighted by molar-refractivity contribution is -0.122. The Labute approximate surface area is 268 Å². The smallest absolute Gasteiger partial charge is 0.267 e. The van der Waals surface area contributed by atoms with Crippen molar-refractivity contribution in [3.63, 3.8) is 0 Å². The molecular weight excluding hydrogens is 625 g/mol. The molecule has 0 saturated carbocycles. The van der Waals surface area contributed by atoms with Gasteiger partial charge >= 0.3 is 0 Å². The van der Waals surface area contributed by atoms with Crippen LogP contribution >= 0.6 is 35.0 Å². The molecule has 1 aliphatic rings. The summed E-state index contributed by atoms with van der Waals surface area (Å²) in [6.07, 6.45) is 4.90. The molecular formula is C32H27Cl2N3O6S. The van der Waals surface area contributed by atoms with Crippen LogP contribution in [0.2, 0.25) is 10.0 Å². The largest absolute Gasteiger partial charge is 0.493 e. The molecule has 3 aromatic carbocycles. The Hall–Kier alpha value is -4.38. The van der Waals surface area contributed by atoms with Crippen LogP contribution in [0, 0.1) is 0 Å². The van der Waals surface area contributed by atoms with Crippen molar-refractivity contribution >= 4 is 58.3 Å².